The van der Waals surface area contributed by atoms with Gasteiger partial charge in [0, 0.05) is 22.1 Å². The van der Waals surface area contributed by atoms with Crippen LogP contribution in [-0.4, -0.2) is 39.7 Å². The highest BCUT2D eigenvalue weighted by atomic mass is 79.9. The lowest BCUT2D eigenvalue weighted by molar-refractivity contribution is -0.145. The highest BCUT2D eigenvalue weighted by molar-refractivity contribution is 9.10. The Balaban J connectivity index is 1.86. The summed E-state index contributed by atoms with van der Waals surface area (Å²) >= 11 is 4.25. The number of esters is 1. The maximum absolute atomic E-state index is 12.5. The largest absolute Gasteiger partial charge is 0.465 e. The molecule has 0 unspecified atom stereocenters. The van der Waals surface area contributed by atoms with E-state index < -0.39 is 17.1 Å². The van der Waals surface area contributed by atoms with Crippen LogP contribution in [0.2, 0.25) is 0 Å². The molecule has 1 aromatic carbocycles. The van der Waals surface area contributed by atoms with Crippen LogP contribution in [0.15, 0.2) is 52.0 Å². The maximum atomic E-state index is 12.5. The van der Waals surface area contributed by atoms with Crippen molar-refractivity contribution in [3.8, 4) is 5.69 Å². The van der Waals surface area contributed by atoms with Crippen molar-refractivity contribution in [2.75, 3.05) is 13.2 Å². The molecule has 26 heavy (non-hydrogen) atoms. The summed E-state index contributed by atoms with van der Waals surface area (Å²) in [5.74, 6) is -1.09. The molecule has 1 saturated heterocycles. The Morgan fingerprint density at radius 2 is 2.08 bits per heavy atom. The monoisotopic (exact) mass is 434 g/mol. The lowest BCUT2D eigenvalue weighted by Gasteiger charge is -2.11. The molecule has 0 aliphatic carbocycles. The Morgan fingerprint density at radius 1 is 1.27 bits per heavy atom. The highest BCUT2D eigenvalue weighted by Crippen LogP contribution is 2.32. The van der Waals surface area contributed by atoms with E-state index >= 15 is 0 Å². The standard InChI is InChI=1S/C18H15BrN2O4S/c1-2-25-16(22)11-21-17(23)15(26-18(21)24)10-14-7-4-8-20(14)13-6-3-5-12(19)9-13/h3-10H,2,11H2,1H3. The zero-order valence-corrected chi connectivity index (χ0v) is 16.2. The number of benzene rings is 1. The van der Waals surface area contributed by atoms with Crippen LogP contribution in [0.4, 0.5) is 4.79 Å². The molecular weight excluding hydrogens is 420 g/mol. The van der Waals surface area contributed by atoms with Crippen LogP contribution in [0.5, 0.6) is 0 Å². The summed E-state index contributed by atoms with van der Waals surface area (Å²) < 4.78 is 7.65. The summed E-state index contributed by atoms with van der Waals surface area (Å²) in [5.41, 5.74) is 1.67. The molecule has 1 fully saturated rings. The predicted molar refractivity (Wildman–Crippen MR) is 103 cm³/mol. The fourth-order valence-corrected chi connectivity index (χ4v) is 3.69. The average molecular weight is 435 g/mol. The first-order chi connectivity index (χ1) is 12.5. The van der Waals surface area contributed by atoms with Crippen LogP contribution in [0.3, 0.4) is 0 Å². The normalized spacial score (nSPS) is 15.8. The molecule has 0 saturated carbocycles. The first kappa shape index (κ1) is 18.5. The summed E-state index contributed by atoms with van der Waals surface area (Å²) in [5, 5.41) is -0.477. The van der Waals surface area contributed by atoms with Crippen molar-refractivity contribution in [1.82, 2.24) is 9.47 Å². The zero-order chi connectivity index (χ0) is 18.7. The zero-order valence-electron chi connectivity index (χ0n) is 13.8. The molecule has 0 radical (unpaired) electrons. The molecule has 6 nitrogen and oxygen atoms in total. The Hall–Kier alpha value is -2.32. The van der Waals surface area contributed by atoms with Crippen molar-refractivity contribution < 1.29 is 19.1 Å². The van der Waals surface area contributed by atoms with E-state index in [0.29, 0.717) is 0 Å². The number of ether oxygens (including phenoxy) is 1. The van der Waals surface area contributed by atoms with Crippen LogP contribution < -0.4 is 0 Å². The minimum Gasteiger partial charge on any atom is -0.465 e. The van der Waals surface area contributed by atoms with Gasteiger partial charge in [0.15, 0.2) is 0 Å². The second kappa shape index (κ2) is 7.92. The van der Waals surface area contributed by atoms with E-state index in [2.05, 4.69) is 15.9 Å². The van der Waals surface area contributed by atoms with Gasteiger partial charge in [-0.1, -0.05) is 22.0 Å². The lowest BCUT2D eigenvalue weighted by atomic mass is 10.3. The summed E-state index contributed by atoms with van der Waals surface area (Å²) in [4.78, 5) is 37.3. The van der Waals surface area contributed by atoms with Crippen molar-refractivity contribution in [2.45, 2.75) is 6.92 Å². The first-order valence-electron chi connectivity index (χ1n) is 7.84. The topological polar surface area (TPSA) is 68.6 Å². The number of hydrogen-bond donors (Lipinski definition) is 0. The molecular formula is C18H15BrN2O4S. The van der Waals surface area contributed by atoms with E-state index in [-0.39, 0.29) is 18.1 Å². The van der Waals surface area contributed by atoms with E-state index in [1.807, 2.05) is 47.2 Å². The Kier molecular flexibility index (Phi) is 5.63. The van der Waals surface area contributed by atoms with Gasteiger partial charge in [0.25, 0.3) is 11.1 Å². The molecule has 0 N–H and O–H groups in total. The molecule has 1 aliphatic heterocycles. The third-order valence-electron chi connectivity index (χ3n) is 3.61. The molecule has 2 aromatic rings. The Labute approximate surface area is 162 Å². The SMILES string of the molecule is CCOC(=O)CN1C(=O)SC(=Cc2cccn2-c2cccc(Br)c2)C1=O. The van der Waals surface area contributed by atoms with Gasteiger partial charge < -0.3 is 9.30 Å². The molecule has 3 rings (SSSR count). The van der Waals surface area contributed by atoms with E-state index in [0.717, 1.165) is 32.5 Å². The van der Waals surface area contributed by atoms with Crippen molar-refractivity contribution in [3.63, 3.8) is 0 Å². The van der Waals surface area contributed by atoms with Gasteiger partial charge in [-0.3, -0.25) is 19.3 Å². The minimum absolute atomic E-state index is 0.199. The van der Waals surface area contributed by atoms with Gasteiger partial charge in [-0.2, -0.15) is 0 Å². The van der Waals surface area contributed by atoms with Crippen molar-refractivity contribution >= 4 is 50.9 Å². The van der Waals surface area contributed by atoms with Crippen molar-refractivity contribution in [1.29, 1.82) is 0 Å². The average Bonchev–Trinajstić information content (AvgIpc) is 3.16. The molecule has 2 heterocycles. The van der Waals surface area contributed by atoms with Crippen LogP contribution >= 0.6 is 27.7 Å². The minimum atomic E-state index is -0.603. The second-order valence-electron chi connectivity index (χ2n) is 5.36. The Bertz CT molecular complexity index is 906. The number of halogens is 1. The molecule has 1 aromatic heterocycles. The van der Waals surface area contributed by atoms with Crippen LogP contribution in [-0.2, 0) is 14.3 Å². The fourth-order valence-electron chi connectivity index (χ4n) is 2.48. The number of carbonyl (C=O) groups excluding carboxylic acids is 3. The summed E-state index contributed by atoms with van der Waals surface area (Å²) in [6, 6.07) is 11.4. The number of thioether (sulfide) groups is 1. The third kappa shape index (κ3) is 3.91. The quantitative estimate of drug-likeness (QED) is 0.528. The molecule has 0 bridgehead atoms. The van der Waals surface area contributed by atoms with Crippen molar-refractivity contribution in [2.24, 2.45) is 0 Å². The van der Waals surface area contributed by atoms with Gasteiger partial charge in [-0.05, 0) is 55.1 Å². The predicted octanol–water partition coefficient (Wildman–Crippen LogP) is 3.84. The van der Waals surface area contributed by atoms with Crippen LogP contribution in [0.25, 0.3) is 11.8 Å². The number of aromatic nitrogens is 1. The molecule has 2 amide bonds. The van der Waals surface area contributed by atoms with Gasteiger partial charge in [0.2, 0.25) is 0 Å². The summed E-state index contributed by atoms with van der Waals surface area (Å²) in [6.45, 7) is 1.50. The third-order valence-corrected chi connectivity index (χ3v) is 5.01. The van der Waals surface area contributed by atoms with E-state index in [9.17, 15) is 14.4 Å². The molecule has 0 atom stereocenters. The van der Waals surface area contributed by atoms with Crippen LogP contribution in [0.1, 0.15) is 12.6 Å². The van der Waals surface area contributed by atoms with Gasteiger partial charge in [0.05, 0.1) is 11.5 Å². The molecule has 0 spiro atoms. The molecule has 1 aliphatic rings. The molecule has 8 heteroatoms. The second-order valence-corrected chi connectivity index (χ2v) is 7.26. The number of rotatable bonds is 5. The number of imide groups is 1. The van der Waals surface area contributed by atoms with E-state index in [1.165, 1.54) is 0 Å². The summed E-state index contributed by atoms with van der Waals surface area (Å²) in [7, 11) is 0. The van der Waals surface area contributed by atoms with Gasteiger partial charge in [-0.15, -0.1) is 0 Å². The molecule has 134 valence electrons. The lowest BCUT2D eigenvalue weighted by Crippen LogP contribution is -2.34. The Morgan fingerprint density at radius 3 is 2.81 bits per heavy atom. The summed E-state index contributed by atoms with van der Waals surface area (Å²) in [6.07, 6.45) is 3.52. The first-order valence-corrected chi connectivity index (χ1v) is 9.45. The van der Waals surface area contributed by atoms with E-state index in [4.69, 9.17) is 4.74 Å². The number of carbonyl (C=O) groups is 3. The fraction of sp³-hybridized carbons (Fsp3) is 0.167. The number of hydrogen-bond acceptors (Lipinski definition) is 5. The number of nitrogens with zero attached hydrogens (tertiary/aromatic N) is 2. The van der Waals surface area contributed by atoms with Gasteiger partial charge >= 0.3 is 5.97 Å². The van der Waals surface area contributed by atoms with Gasteiger partial charge in [0.1, 0.15) is 6.54 Å². The number of amides is 2. The smallest absolute Gasteiger partial charge is 0.326 e. The maximum Gasteiger partial charge on any atom is 0.326 e. The van der Waals surface area contributed by atoms with Crippen LogP contribution in [0, 0.1) is 0 Å². The van der Waals surface area contributed by atoms with Crippen molar-refractivity contribution in [3.05, 3.63) is 57.7 Å². The van der Waals surface area contributed by atoms with Gasteiger partial charge in [-0.25, -0.2) is 0 Å². The highest BCUT2D eigenvalue weighted by Gasteiger charge is 2.36. The van der Waals surface area contributed by atoms with E-state index in [1.54, 1.807) is 13.0 Å².